The minimum atomic E-state index is -1.71. The van der Waals surface area contributed by atoms with Gasteiger partial charge in [-0.3, -0.25) is 4.79 Å². The van der Waals surface area contributed by atoms with Crippen molar-refractivity contribution in [2.45, 2.75) is 6.04 Å². The lowest BCUT2D eigenvalue weighted by Crippen LogP contribution is -2.38. The van der Waals surface area contributed by atoms with Crippen LogP contribution in [0.1, 0.15) is 0 Å². The molecule has 6 nitrogen and oxygen atoms in total. The Hall–Kier alpha value is -0.790. The lowest BCUT2D eigenvalue weighted by atomic mass is 10.4. The first kappa shape index (κ1) is 11.2. The molecule has 2 unspecified atom stereocenters. The van der Waals surface area contributed by atoms with Gasteiger partial charge in [0.2, 0.25) is 5.75 Å². The normalized spacial score (nSPS) is 15.2. The summed E-state index contributed by atoms with van der Waals surface area (Å²) in [6, 6.07) is -1.26. The van der Waals surface area contributed by atoms with Crippen LogP contribution < -0.4 is 5.73 Å². The molecule has 0 aliphatic rings. The minimum Gasteiger partial charge on any atom is -0.616 e. The third kappa shape index (κ3) is 4.94. The van der Waals surface area contributed by atoms with Crippen LogP contribution in [0.3, 0.4) is 0 Å². The van der Waals surface area contributed by atoms with Gasteiger partial charge in [0.15, 0.2) is 0 Å². The third-order valence-electron chi connectivity index (χ3n) is 0.967. The topological polar surface area (TPSA) is 124 Å². The molecule has 0 fully saturated rings. The van der Waals surface area contributed by atoms with Crippen LogP contribution in [0.15, 0.2) is 0 Å². The van der Waals surface area contributed by atoms with Crippen molar-refractivity contribution < 1.29 is 24.4 Å². The number of hydrogen-bond donors (Lipinski definition) is 3. The van der Waals surface area contributed by atoms with Gasteiger partial charge in [0.1, 0.15) is 11.8 Å². The smallest absolute Gasteiger partial charge is 0.353 e. The Morgan fingerprint density at radius 3 is 2.33 bits per heavy atom. The monoisotopic (exact) mass is 195 g/mol. The van der Waals surface area contributed by atoms with Gasteiger partial charge < -0.3 is 20.5 Å². The van der Waals surface area contributed by atoms with Gasteiger partial charge in [-0.05, 0) is 11.2 Å². The second-order valence-corrected chi connectivity index (χ2v) is 3.59. The highest BCUT2D eigenvalue weighted by molar-refractivity contribution is 7.92. The minimum absolute atomic E-state index is 0.332. The molecule has 70 valence electrons. The Labute approximate surface area is 71.5 Å². The summed E-state index contributed by atoms with van der Waals surface area (Å²) in [5.41, 5.74) is 5.01. The molecule has 0 aromatic carbocycles. The lowest BCUT2D eigenvalue weighted by molar-refractivity contribution is -0.138. The van der Waals surface area contributed by atoms with Gasteiger partial charge in [-0.25, -0.2) is 4.79 Å². The summed E-state index contributed by atoms with van der Waals surface area (Å²) in [7, 11) is 0. The second-order valence-electron chi connectivity index (χ2n) is 2.09. The van der Waals surface area contributed by atoms with Gasteiger partial charge in [0.05, 0.1) is 0 Å². The van der Waals surface area contributed by atoms with E-state index in [2.05, 4.69) is 0 Å². The van der Waals surface area contributed by atoms with E-state index < -0.39 is 34.9 Å². The van der Waals surface area contributed by atoms with Gasteiger partial charge in [-0.15, -0.1) is 0 Å². The van der Waals surface area contributed by atoms with Crippen LogP contribution in [-0.2, 0) is 20.8 Å². The molecule has 0 saturated heterocycles. The van der Waals surface area contributed by atoms with E-state index in [4.69, 9.17) is 15.9 Å². The van der Waals surface area contributed by atoms with Crippen molar-refractivity contribution in [1.82, 2.24) is 0 Å². The van der Waals surface area contributed by atoms with E-state index in [0.717, 1.165) is 0 Å². The lowest BCUT2D eigenvalue weighted by Gasteiger charge is -2.10. The standard InChI is InChI=1S/C5H9NO5S/c6-3(5(9)10)1-12(11)2-4(7)8/h3H,1-2,6H2,(H,7,8)(H,9,10). The molecule has 0 aliphatic heterocycles. The molecule has 12 heavy (non-hydrogen) atoms. The molecule has 0 heterocycles. The number of carbonyl (C=O) groups is 2. The number of rotatable bonds is 5. The van der Waals surface area contributed by atoms with Crippen LogP contribution in [0.2, 0.25) is 0 Å². The van der Waals surface area contributed by atoms with Crippen LogP contribution in [0.5, 0.6) is 0 Å². The van der Waals surface area contributed by atoms with Crippen LogP contribution in [0, 0.1) is 0 Å². The van der Waals surface area contributed by atoms with Crippen LogP contribution in [-0.4, -0.2) is 44.3 Å². The molecule has 7 heteroatoms. The van der Waals surface area contributed by atoms with E-state index in [-0.39, 0.29) is 5.75 Å². The Morgan fingerprint density at radius 1 is 1.50 bits per heavy atom. The average Bonchev–Trinajstić information content (AvgIpc) is 1.84. The fraction of sp³-hybridized carbons (Fsp3) is 0.600. The highest BCUT2D eigenvalue weighted by Crippen LogP contribution is 1.93. The molecule has 0 aliphatic carbocycles. The highest BCUT2D eigenvalue weighted by atomic mass is 32.2. The van der Waals surface area contributed by atoms with E-state index in [1.54, 1.807) is 0 Å². The van der Waals surface area contributed by atoms with Crippen molar-refractivity contribution in [1.29, 1.82) is 0 Å². The zero-order chi connectivity index (χ0) is 9.72. The van der Waals surface area contributed by atoms with Crippen LogP contribution in [0.4, 0.5) is 0 Å². The Kier molecular flexibility index (Phi) is 4.64. The molecule has 2 atom stereocenters. The molecule has 0 aromatic heterocycles. The van der Waals surface area contributed by atoms with Crippen molar-refractivity contribution in [3.63, 3.8) is 0 Å². The molecule has 0 spiro atoms. The van der Waals surface area contributed by atoms with Gasteiger partial charge in [-0.2, -0.15) is 0 Å². The molecule has 4 N–H and O–H groups in total. The van der Waals surface area contributed by atoms with Gasteiger partial charge in [-0.1, -0.05) is 0 Å². The van der Waals surface area contributed by atoms with E-state index in [1.807, 2.05) is 0 Å². The Morgan fingerprint density at radius 2 is 2.00 bits per heavy atom. The van der Waals surface area contributed by atoms with Crippen molar-refractivity contribution in [2.24, 2.45) is 5.73 Å². The number of carboxylic acid groups (broad SMARTS) is 2. The first-order valence-corrected chi connectivity index (χ1v) is 4.47. The van der Waals surface area contributed by atoms with E-state index >= 15 is 0 Å². The average molecular weight is 195 g/mol. The number of nitrogens with two attached hydrogens (primary N) is 1. The summed E-state index contributed by atoms with van der Waals surface area (Å²) in [6.07, 6.45) is 0. The van der Waals surface area contributed by atoms with Crippen LogP contribution in [0.25, 0.3) is 0 Å². The summed E-state index contributed by atoms with van der Waals surface area (Å²) in [4.78, 5) is 20.1. The fourth-order valence-corrected chi connectivity index (χ4v) is 1.40. The first-order chi connectivity index (χ1) is 5.43. The number of aliphatic carboxylic acids is 2. The maximum atomic E-state index is 10.8. The molecule has 0 aromatic rings. The summed E-state index contributed by atoms with van der Waals surface area (Å²) >= 11 is -1.71. The predicted molar refractivity (Wildman–Crippen MR) is 41.1 cm³/mol. The van der Waals surface area contributed by atoms with E-state index in [9.17, 15) is 14.1 Å². The SMILES string of the molecule is NC(C[S+]([O-])CC(=O)O)C(=O)O. The molecule has 0 rings (SSSR count). The predicted octanol–water partition coefficient (Wildman–Crippen LogP) is -1.77. The van der Waals surface area contributed by atoms with E-state index in [1.165, 1.54) is 0 Å². The molecular formula is C5H9NO5S. The first-order valence-electron chi connectivity index (χ1n) is 2.98. The van der Waals surface area contributed by atoms with Gasteiger partial charge >= 0.3 is 11.9 Å². The molecule has 0 radical (unpaired) electrons. The summed E-state index contributed by atoms with van der Waals surface area (Å²) in [5, 5.41) is 16.4. The molecule has 0 saturated carbocycles. The van der Waals surface area contributed by atoms with Crippen molar-refractivity contribution in [2.75, 3.05) is 11.5 Å². The summed E-state index contributed by atoms with van der Waals surface area (Å²) in [5.74, 6) is -3.41. The number of hydrogen-bond acceptors (Lipinski definition) is 4. The fourth-order valence-electron chi connectivity index (χ4n) is 0.468. The van der Waals surface area contributed by atoms with Gasteiger partial charge in [0.25, 0.3) is 0 Å². The zero-order valence-corrected chi connectivity index (χ0v) is 6.91. The summed E-state index contributed by atoms with van der Waals surface area (Å²) < 4.78 is 10.8. The Balaban J connectivity index is 3.76. The molecule has 0 amide bonds. The maximum absolute atomic E-state index is 10.8. The third-order valence-corrected chi connectivity index (χ3v) is 2.27. The highest BCUT2D eigenvalue weighted by Gasteiger charge is 2.21. The maximum Gasteiger partial charge on any atom is 0.353 e. The largest absolute Gasteiger partial charge is 0.616 e. The number of carboxylic acids is 2. The molecule has 0 bridgehead atoms. The Bertz CT molecular complexity index is 185. The van der Waals surface area contributed by atoms with Crippen LogP contribution >= 0.6 is 0 Å². The zero-order valence-electron chi connectivity index (χ0n) is 6.10. The van der Waals surface area contributed by atoms with Crippen molar-refractivity contribution >= 4 is 23.1 Å². The summed E-state index contributed by atoms with van der Waals surface area (Å²) in [6.45, 7) is 0. The quantitative estimate of drug-likeness (QED) is 0.446. The van der Waals surface area contributed by atoms with Crippen molar-refractivity contribution in [3.8, 4) is 0 Å². The van der Waals surface area contributed by atoms with Gasteiger partial charge in [0, 0.05) is 0 Å². The second kappa shape index (κ2) is 4.96. The van der Waals surface area contributed by atoms with Crippen molar-refractivity contribution in [3.05, 3.63) is 0 Å². The van der Waals surface area contributed by atoms with E-state index in [0.29, 0.717) is 0 Å². The molecular weight excluding hydrogens is 186 g/mol.